The molecule has 4 aromatic rings. The van der Waals surface area contributed by atoms with E-state index in [1.54, 1.807) is 25.1 Å². The minimum atomic E-state index is -5.86. The van der Waals surface area contributed by atoms with Gasteiger partial charge in [0.15, 0.2) is 11.5 Å². The van der Waals surface area contributed by atoms with Crippen LogP contribution in [0.2, 0.25) is 5.02 Å². The molecule has 0 aliphatic heterocycles. The fraction of sp³-hybridized carbons (Fsp3) is 0.308. The molecule has 0 saturated heterocycles. The van der Waals surface area contributed by atoms with E-state index >= 15 is 0 Å². The van der Waals surface area contributed by atoms with E-state index in [4.69, 9.17) is 11.6 Å². The number of anilines is 1. The zero-order chi connectivity index (χ0) is 31.1. The zero-order valence-electron chi connectivity index (χ0n) is 22.1. The minimum Gasteiger partial charge on any atom is -0.352 e. The van der Waals surface area contributed by atoms with Crippen LogP contribution in [0.1, 0.15) is 50.6 Å². The van der Waals surface area contributed by atoms with Crippen molar-refractivity contribution in [1.82, 2.24) is 35.1 Å². The number of alkyl halides is 5. The fourth-order valence-corrected chi connectivity index (χ4v) is 5.09. The molecule has 1 aliphatic carbocycles. The standard InChI is InChI=1S/C26H21ClF5IN8O2/c1-13-7-15(33)8-17(23(42)35-10-14-4-5-14)21(13)36-24(43)19-9-16(38-41(19)22-18(27)3-2-6-34-22)11-40-12-20(37-39-40)25(28,29)26(30,31)32/h2-3,6-9,12,14H,4-5,10-11H2,1H3,(H,35,42)(H,36,43). The van der Waals surface area contributed by atoms with Crippen molar-refractivity contribution < 1.29 is 31.5 Å². The van der Waals surface area contributed by atoms with Gasteiger partial charge >= 0.3 is 12.1 Å². The van der Waals surface area contributed by atoms with E-state index in [9.17, 15) is 31.5 Å². The first-order chi connectivity index (χ1) is 20.2. The quantitative estimate of drug-likeness (QED) is 0.173. The summed E-state index contributed by atoms with van der Waals surface area (Å²) < 4.78 is 68.4. The van der Waals surface area contributed by atoms with Crippen molar-refractivity contribution in [2.45, 2.75) is 38.4 Å². The number of rotatable bonds is 9. The Morgan fingerprint density at radius 1 is 1.14 bits per heavy atom. The van der Waals surface area contributed by atoms with Crippen molar-refractivity contribution in [2.75, 3.05) is 11.9 Å². The molecule has 2 N–H and O–H groups in total. The highest BCUT2D eigenvalue weighted by atomic mass is 127. The molecule has 5 rings (SSSR count). The van der Waals surface area contributed by atoms with Crippen molar-refractivity contribution in [1.29, 1.82) is 0 Å². The van der Waals surface area contributed by atoms with Crippen LogP contribution < -0.4 is 10.6 Å². The summed E-state index contributed by atoms with van der Waals surface area (Å²) >= 11 is 8.38. The van der Waals surface area contributed by atoms with Gasteiger partial charge in [-0.2, -0.15) is 27.1 Å². The average Bonchev–Trinajstić information content (AvgIpc) is 3.48. The molecular weight excluding hydrogens is 714 g/mol. The van der Waals surface area contributed by atoms with E-state index < -0.39 is 30.2 Å². The van der Waals surface area contributed by atoms with Crippen molar-refractivity contribution in [3.63, 3.8) is 0 Å². The van der Waals surface area contributed by atoms with E-state index in [1.807, 2.05) is 0 Å². The van der Waals surface area contributed by atoms with Gasteiger partial charge in [0.2, 0.25) is 0 Å². The van der Waals surface area contributed by atoms with Crippen LogP contribution in [0, 0.1) is 16.4 Å². The maximum absolute atomic E-state index is 13.7. The highest BCUT2D eigenvalue weighted by molar-refractivity contribution is 14.1. The molecule has 0 bridgehead atoms. The third-order valence-electron chi connectivity index (χ3n) is 6.50. The van der Waals surface area contributed by atoms with E-state index in [-0.39, 0.29) is 39.4 Å². The summed E-state index contributed by atoms with van der Waals surface area (Å²) in [6, 6.07) is 7.75. The predicted molar refractivity (Wildman–Crippen MR) is 152 cm³/mol. The number of aromatic nitrogens is 6. The zero-order valence-corrected chi connectivity index (χ0v) is 25.0. The van der Waals surface area contributed by atoms with E-state index in [0.29, 0.717) is 24.2 Å². The first-order valence-corrected chi connectivity index (χ1v) is 14.1. The second-order valence-corrected chi connectivity index (χ2v) is 11.5. The lowest BCUT2D eigenvalue weighted by Crippen LogP contribution is -2.34. The first-order valence-electron chi connectivity index (χ1n) is 12.7. The third kappa shape index (κ3) is 6.63. The Morgan fingerprint density at radius 2 is 1.88 bits per heavy atom. The third-order valence-corrected chi connectivity index (χ3v) is 7.42. The molecule has 3 heterocycles. The lowest BCUT2D eigenvalue weighted by Gasteiger charge is -2.16. The van der Waals surface area contributed by atoms with Crippen LogP contribution in [0.25, 0.3) is 5.82 Å². The molecule has 1 fully saturated rings. The van der Waals surface area contributed by atoms with Gasteiger partial charge in [-0.1, -0.05) is 16.8 Å². The number of pyridine rings is 1. The van der Waals surface area contributed by atoms with Crippen LogP contribution in [0.4, 0.5) is 27.6 Å². The number of aryl methyl sites for hydroxylation is 1. The second-order valence-electron chi connectivity index (χ2n) is 9.87. The summed E-state index contributed by atoms with van der Waals surface area (Å²) in [4.78, 5) is 30.9. The SMILES string of the molecule is Cc1cc(I)cc(C(=O)NCC2CC2)c1NC(=O)c1cc(Cn2cc(C(F)(F)C(F)(F)F)nn2)nn1-c1ncccc1Cl. The van der Waals surface area contributed by atoms with Gasteiger partial charge in [-0.05, 0) is 84.2 Å². The normalized spacial score (nSPS) is 13.7. The molecular formula is C26H21ClF5IN8O2. The maximum atomic E-state index is 13.7. The number of benzene rings is 1. The van der Waals surface area contributed by atoms with Crippen molar-refractivity contribution >= 4 is 51.7 Å². The Kier molecular flexibility index (Phi) is 8.43. The number of hydrogen-bond donors (Lipinski definition) is 2. The minimum absolute atomic E-state index is 0.0420. The summed E-state index contributed by atoms with van der Waals surface area (Å²) in [6.45, 7) is 1.83. The summed E-state index contributed by atoms with van der Waals surface area (Å²) in [6.07, 6.45) is -1.94. The first kappa shape index (κ1) is 30.8. The lowest BCUT2D eigenvalue weighted by molar-refractivity contribution is -0.291. The van der Waals surface area contributed by atoms with Gasteiger partial charge in [0.1, 0.15) is 5.69 Å². The van der Waals surface area contributed by atoms with Crippen LogP contribution in [0.5, 0.6) is 0 Å². The molecule has 43 heavy (non-hydrogen) atoms. The fourth-order valence-electron chi connectivity index (χ4n) is 4.11. The van der Waals surface area contributed by atoms with Gasteiger partial charge in [0.05, 0.1) is 34.7 Å². The summed E-state index contributed by atoms with van der Waals surface area (Å²) in [5.41, 5.74) is -0.539. The number of nitrogens with one attached hydrogen (secondary N) is 2. The van der Waals surface area contributed by atoms with Crippen LogP contribution >= 0.6 is 34.2 Å². The smallest absolute Gasteiger partial charge is 0.352 e. The Hall–Kier alpha value is -3.67. The van der Waals surface area contributed by atoms with Crippen LogP contribution in [0.3, 0.4) is 0 Å². The monoisotopic (exact) mass is 734 g/mol. The molecule has 17 heteroatoms. The van der Waals surface area contributed by atoms with Gasteiger partial charge < -0.3 is 10.6 Å². The molecule has 2 amide bonds. The lowest BCUT2D eigenvalue weighted by atomic mass is 10.1. The number of hydrogen-bond acceptors (Lipinski definition) is 6. The van der Waals surface area contributed by atoms with Crippen molar-refractivity contribution in [2.24, 2.45) is 5.92 Å². The highest BCUT2D eigenvalue weighted by Gasteiger charge is 2.60. The molecule has 1 saturated carbocycles. The number of carbonyl (C=O) groups is 2. The molecule has 10 nitrogen and oxygen atoms in total. The Labute approximate surface area is 259 Å². The van der Waals surface area contributed by atoms with Gasteiger partial charge in [-0.3, -0.25) is 9.59 Å². The number of amides is 2. The number of carbonyl (C=O) groups excluding carboxylic acids is 2. The molecule has 0 spiro atoms. The maximum Gasteiger partial charge on any atom is 0.459 e. The Balaban J connectivity index is 1.48. The largest absolute Gasteiger partial charge is 0.459 e. The van der Waals surface area contributed by atoms with Crippen molar-refractivity contribution in [3.05, 3.63) is 79.5 Å². The van der Waals surface area contributed by atoms with Crippen molar-refractivity contribution in [3.8, 4) is 5.82 Å². The van der Waals surface area contributed by atoms with Crippen LogP contribution in [-0.2, 0) is 12.5 Å². The molecule has 1 aromatic carbocycles. The summed E-state index contributed by atoms with van der Waals surface area (Å²) in [5, 5.41) is 16.4. The van der Waals surface area contributed by atoms with Gasteiger partial charge in [-0.15, -0.1) is 5.10 Å². The molecule has 0 atom stereocenters. The van der Waals surface area contributed by atoms with E-state index in [0.717, 1.165) is 25.8 Å². The Bertz CT molecular complexity index is 1700. The molecule has 0 unspecified atom stereocenters. The highest BCUT2D eigenvalue weighted by Crippen LogP contribution is 2.42. The Morgan fingerprint density at radius 3 is 2.56 bits per heavy atom. The van der Waals surface area contributed by atoms with Crippen LogP contribution in [-0.4, -0.2) is 54.3 Å². The summed E-state index contributed by atoms with van der Waals surface area (Å²) in [5.74, 6) is -5.81. The second kappa shape index (κ2) is 11.8. The molecule has 226 valence electrons. The topological polar surface area (TPSA) is 120 Å². The van der Waals surface area contributed by atoms with Crippen LogP contribution in [0.15, 0.2) is 42.7 Å². The van der Waals surface area contributed by atoms with E-state index in [2.05, 4.69) is 53.6 Å². The molecule has 0 radical (unpaired) electrons. The number of halogens is 7. The number of nitrogens with zero attached hydrogens (tertiary/aromatic N) is 6. The van der Waals surface area contributed by atoms with E-state index in [1.165, 1.54) is 18.3 Å². The molecule has 3 aromatic heterocycles. The van der Waals surface area contributed by atoms with Gasteiger partial charge in [0.25, 0.3) is 11.8 Å². The predicted octanol–water partition coefficient (Wildman–Crippen LogP) is 5.52. The van der Waals surface area contributed by atoms with Gasteiger partial charge in [0, 0.05) is 16.3 Å². The summed E-state index contributed by atoms with van der Waals surface area (Å²) in [7, 11) is 0. The average molecular weight is 735 g/mol. The molecule has 1 aliphatic rings. The van der Waals surface area contributed by atoms with Gasteiger partial charge in [-0.25, -0.2) is 14.3 Å².